The fraction of sp³-hybridized carbons (Fsp3) is 0.0889. The molecule has 0 aliphatic rings. The Morgan fingerprint density at radius 3 is 1.89 bits per heavy atom. The molecule has 3 amide bonds. The predicted octanol–water partition coefficient (Wildman–Crippen LogP) is 10.5. The Morgan fingerprint density at radius 1 is 0.604 bits per heavy atom. The maximum Gasteiger partial charge on any atom is 0.272 e. The molecule has 0 spiro atoms. The lowest BCUT2D eigenvalue weighted by Gasteiger charge is -2.18. The zero-order valence-corrected chi connectivity index (χ0v) is 30.2. The van der Waals surface area contributed by atoms with Crippen LogP contribution < -0.4 is 20.7 Å². The predicted molar refractivity (Wildman–Crippen MR) is 214 cm³/mol. The van der Waals surface area contributed by atoms with Crippen molar-refractivity contribution < 1.29 is 19.1 Å². The van der Waals surface area contributed by atoms with Crippen LogP contribution in [0, 0.1) is 0 Å². The second-order valence-corrected chi connectivity index (χ2v) is 13.7. The number of carbonyl (C=O) groups excluding carboxylic acids is 3. The first kappa shape index (κ1) is 36.4. The van der Waals surface area contributed by atoms with E-state index in [9.17, 15) is 14.4 Å². The fourth-order valence-corrected chi connectivity index (χ4v) is 6.49. The third-order valence-electron chi connectivity index (χ3n) is 8.23. The fourth-order valence-electron chi connectivity index (χ4n) is 5.41. The molecule has 0 aliphatic carbocycles. The molecule has 0 aliphatic heterocycles. The summed E-state index contributed by atoms with van der Waals surface area (Å²) in [6.07, 6.45) is 1.66. The number of anilines is 2. The first-order valence-corrected chi connectivity index (χ1v) is 18.1. The maximum absolute atomic E-state index is 13.8. The topological polar surface area (TPSA) is 96.5 Å². The Labute approximate surface area is 314 Å². The minimum absolute atomic E-state index is 0.0935. The molecule has 6 aromatic carbocycles. The van der Waals surface area contributed by atoms with Gasteiger partial charge in [-0.2, -0.15) is 0 Å². The second kappa shape index (κ2) is 17.7. The number of rotatable bonds is 13. The Bertz CT molecular complexity index is 2170. The molecular formula is C45H39N3O4S. The SMILES string of the molecule is CC(C)c1ccc(/C=C(/NC(=O)c2ccccc2)C(=O)Nc2cccc(SC(C(=O)Nc3ccc(Oc4ccccc4)cc3)c3ccccc3)c2)cc1. The molecule has 0 fully saturated rings. The second-order valence-electron chi connectivity index (χ2n) is 12.5. The van der Waals surface area contributed by atoms with Crippen LogP contribution in [0.5, 0.6) is 11.5 Å². The number of hydrogen-bond acceptors (Lipinski definition) is 5. The summed E-state index contributed by atoms with van der Waals surface area (Å²) in [6, 6.07) is 50.2. The molecule has 6 rings (SSSR count). The molecule has 53 heavy (non-hydrogen) atoms. The average Bonchev–Trinajstić information content (AvgIpc) is 3.19. The van der Waals surface area contributed by atoms with Crippen molar-refractivity contribution >= 4 is 46.9 Å². The van der Waals surface area contributed by atoms with Crippen molar-refractivity contribution in [1.29, 1.82) is 0 Å². The van der Waals surface area contributed by atoms with Crippen LogP contribution in [-0.2, 0) is 9.59 Å². The van der Waals surface area contributed by atoms with Gasteiger partial charge in [0.25, 0.3) is 11.8 Å². The van der Waals surface area contributed by atoms with E-state index >= 15 is 0 Å². The minimum Gasteiger partial charge on any atom is -0.457 e. The summed E-state index contributed by atoms with van der Waals surface area (Å²) in [7, 11) is 0. The molecule has 1 unspecified atom stereocenters. The summed E-state index contributed by atoms with van der Waals surface area (Å²) in [6.45, 7) is 4.23. The number of ether oxygens (including phenoxy) is 1. The van der Waals surface area contributed by atoms with Crippen LogP contribution in [-0.4, -0.2) is 17.7 Å². The maximum atomic E-state index is 13.8. The zero-order valence-electron chi connectivity index (χ0n) is 29.4. The third-order valence-corrected chi connectivity index (χ3v) is 9.48. The van der Waals surface area contributed by atoms with Crippen LogP contribution in [0.25, 0.3) is 6.08 Å². The van der Waals surface area contributed by atoms with Crippen molar-refractivity contribution in [2.45, 2.75) is 29.9 Å². The van der Waals surface area contributed by atoms with Crippen LogP contribution >= 0.6 is 11.8 Å². The summed E-state index contributed by atoms with van der Waals surface area (Å²) >= 11 is 1.37. The van der Waals surface area contributed by atoms with Crippen LogP contribution in [0.15, 0.2) is 174 Å². The Morgan fingerprint density at radius 2 is 1.23 bits per heavy atom. The lowest BCUT2D eigenvalue weighted by atomic mass is 10.0. The molecule has 0 heterocycles. The Kier molecular flexibility index (Phi) is 12.2. The highest BCUT2D eigenvalue weighted by Crippen LogP contribution is 2.37. The van der Waals surface area contributed by atoms with E-state index in [1.54, 1.807) is 48.5 Å². The van der Waals surface area contributed by atoms with Crippen molar-refractivity contribution in [2.75, 3.05) is 10.6 Å². The summed E-state index contributed by atoms with van der Waals surface area (Å²) < 4.78 is 5.90. The lowest BCUT2D eigenvalue weighted by molar-refractivity contribution is -0.116. The number of benzene rings is 6. The number of para-hydroxylation sites is 1. The third kappa shape index (κ3) is 10.3. The van der Waals surface area contributed by atoms with Crippen molar-refractivity contribution in [1.82, 2.24) is 5.32 Å². The van der Waals surface area contributed by atoms with Gasteiger partial charge in [-0.15, -0.1) is 11.8 Å². The van der Waals surface area contributed by atoms with E-state index in [4.69, 9.17) is 4.74 Å². The smallest absolute Gasteiger partial charge is 0.272 e. The number of carbonyl (C=O) groups is 3. The Balaban J connectivity index is 1.19. The normalized spacial score (nSPS) is 11.7. The van der Waals surface area contributed by atoms with Crippen molar-refractivity contribution in [3.8, 4) is 11.5 Å². The van der Waals surface area contributed by atoms with Crippen LogP contribution in [0.4, 0.5) is 11.4 Å². The number of thioether (sulfide) groups is 1. The van der Waals surface area contributed by atoms with Gasteiger partial charge in [0.15, 0.2) is 0 Å². The largest absolute Gasteiger partial charge is 0.457 e. The molecule has 264 valence electrons. The van der Waals surface area contributed by atoms with Gasteiger partial charge in [0, 0.05) is 21.8 Å². The highest BCUT2D eigenvalue weighted by molar-refractivity contribution is 8.00. The molecule has 0 bridgehead atoms. The average molecular weight is 718 g/mol. The molecular weight excluding hydrogens is 679 g/mol. The van der Waals surface area contributed by atoms with Gasteiger partial charge < -0.3 is 20.7 Å². The summed E-state index contributed by atoms with van der Waals surface area (Å²) in [5, 5.41) is 8.20. The molecule has 0 saturated carbocycles. The van der Waals surface area contributed by atoms with Gasteiger partial charge in [0.1, 0.15) is 22.4 Å². The molecule has 1 atom stereocenters. The summed E-state index contributed by atoms with van der Waals surface area (Å²) in [4.78, 5) is 41.5. The van der Waals surface area contributed by atoms with Crippen molar-refractivity contribution in [2.24, 2.45) is 0 Å². The van der Waals surface area contributed by atoms with Gasteiger partial charge in [-0.3, -0.25) is 14.4 Å². The van der Waals surface area contributed by atoms with E-state index in [1.165, 1.54) is 17.3 Å². The summed E-state index contributed by atoms with van der Waals surface area (Å²) in [5.41, 5.74) is 4.44. The van der Waals surface area contributed by atoms with Crippen LogP contribution in [0.1, 0.15) is 52.1 Å². The number of hydrogen-bond donors (Lipinski definition) is 3. The van der Waals surface area contributed by atoms with Gasteiger partial charge in [-0.1, -0.05) is 111 Å². The van der Waals surface area contributed by atoms with Crippen molar-refractivity contribution in [3.63, 3.8) is 0 Å². The van der Waals surface area contributed by atoms with E-state index in [0.717, 1.165) is 21.8 Å². The number of nitrogens with one attached hydrogen (secondary N) is 3. The van der Waals surface area contributed by atoms with E-state index < -0.39 is 17.1 Å². The zero-order chi connectivity index (χ0) is 37.0. The molecule has 0 radical (unpaired) electrons. The molecule has 3 N–H and O–H groups in total. The number of amides is 3. The standard InChI is InChI=1S/C45H39N3O4S/c1-31(2)33-23-21-32(22-24-33)29-41(48-43(49)35-15-8-4-9-16-35)44(50)47-37-17-12-20-40(30-37)53-42(34-13-6-3-7-14-34)45(51)46-36-25-27-39(28-26-36)52-38-18-10-5-11-19-38/h3-31,42H,1-2H3,(H,46,51)(H,47,50)(H,48,49)/b41-29+. The van der Waals surface area contributed by atoms with E-state index in [2.05, 4.69) is 29.8 Å². The first-order chi connectivity index (χ1) is 25.8. The van der Waals surface area contributed by atoms with Gasteiger partial charge in [-0.05, 0) is 95.4 Å². The molecule has 6 aromatic rings. The van der Waals surface area contributed by atoms with E-state index in [0.29, 0.717) is 28.6 Å². The highest BCUT2D eigenvalue weighted by Gasteiger charge is 2.23. The molecule has 0 saturated heterocycles. The quantitative estimate of drug-likeness (QED) is 0.0816. The molecule has 0 aromatic heterocycles. The van der Waals surface area contributed by atoms with Gasteiger partial charge in [0.2, 0.25) is 5.91 Å². The van der Waals surface area contributed by atoms with Gasteiger partial charge in [-0.25, -0.2) is 0 Å². The Hall–Kier alpha value is -6.38. The summed E-state index contributed by atoms with van der Waals surface area (Å²) in [5.74, 6) is 0.655. The monoisotopic (exact) mass is 717 g/mol. The molecule has 8 heteroatoms. The van der Waals surface area contributed by atoms with Crippen LogP contribution in [0.2, 0.25) is 0 Å². The van der Waals surface area contributed by atoms with Crippen LogP contribution in [0.3, 0.4) is 0 Å². The highest BCUT2D eigenvalue weighted by atomic mass is 32.2. The van der Waals surface area contributed by atoms with Crippen molar-refractivity contribution in [3.05, 3.63) is 192 Å². The first-order valence-electron chi connectivity index (χ1n) is 17.3. The van der Waals surface area contributed by atoms with Gasteiger partial charge in [0.05, 0.1) is 0 Å². The minimum atomic E-state index is -0.600. The van der Waals surface area contributed by atoms with E-state index in [-0.39, 0.29) is 11.6 Å². The van der Waals surface area contributed by atoms with Gasteiger partial charge >= 0.3 is 0 Å². The van der Waals surface area contributed by atoms with E-state index in [1.807, 2.05) is 121 Å². The lowest BCUT2D eigenvalue weighted by Crippen LogP contribution is -2.30. The molecule has 7 nitrogen and oxygen atoms in total.